The van der Waals surface area contributed by atoms with E-state index in [1.165, 1.54) is 6.07 Å². The van der Waals surface area contributed by atoms with Crippen LogP contribution in [0, 0.1) is 6.92 Å². The van der Waals surface area contributed by atoms with E-state index in [2.05, 4.69) is 4.74 Å². The third kappa shape index (κ3) is 2.30. The molecule has 1 unspecified atom stereocenters. The number of benzene rings is 1. The number of hydrogen-bond donors (Lipinski definition) is 0. The molecule has 90 valence electrons. The third-order valence-electron chi connectivity index (χ3n) is 2.43. The molecule has 0 N–H and O–H groups in total. The summed E-state index contributed by atoms with van der Waals surface area (Å²) in [5.41, 5.74) is 1.62. The highest BCUT2D eigenvalue weighted by atomic mass is 19.1. The van der Waals surface area contributed by atoms with Crippen molar-refractivity contribution in [1.29, 1.82) is 0 Å². The number of rotatable bonds is 3. The number of alkyl halides is 1. The number of furan rings is 1. The van der Waals surface area contributed by atoms with Gasteiger partial charge in [0.1, 0.15) is 5.58 Å². The zero-order valence-electron chi connectivity index (χ0n) is 9.70. The molecule has 0 aliphatic rings. The van der Waals surface area contributed by atoms with Gasteiger partial charge in [0.05, 0.1) is 6.61 Å². The van der Waals surface area contributed by atoms with Crippen molar-refractivity contribution in [3.05, 3.63) is 35.6 Å². The Kier molecular flexibility index (Phi) is 3.13. The lowest BCUT2D eigenvalue weighted by molar-refractivity contribution is -0.149. The molecule has 2 rings (SSSR count). The lowest BCUT2D eigenvalue weighted by atomic mass is 10.2. The number of aryl methyl sites for hydroxylation is 1. The van der Waals surface area contributed by atoms with Crippen LogP contribution in [0.4, 0.5) is 4.39 Å². The summed E-state index contributed by atoms with van der Waals surface area (Å²) in [6.07, 6.45) is -1.86. The van der Waals surface area contributed by atoms with Gasteiger partial charge >= 0.3 is 5.97 Å². The Morgan fingerprint density at radius 2 is 2.24 bits per heavy atom. The van der Waals surface area contributed by atoms with E-state index in [1.54, 1.807) is 13.0 Å². The maximum absolute atomic E-state index is 13.7. The van der Waals surface area contributed by atoms with Crippen molar-refractivity contribution >= 4 is 16.9 Å². The SMILES string of the molecule is CCOC(=O)C(F)c1cc2cc(C)ccc2o1. The van der Waals surface area contributed by atoms with E-state index in [4.69, 9.17) is 4.42 Å². The Morgan fingerprint density at radius 3 is 2.94 bits per heavy atom. The fourth-order valence-electron chi connectivity index (χ4n) is 1.64. The molecule has 0 aliphatic heterocycles. The standard InChI is InChI=1S/C13H13FO3/c1-3-16-13(15)12(14)11-7-9-6-8(2)4-5-10(9)17-11/h4-7,12H,3H2,1-2H3. The molecule has 1 aromatic carbocycles. The summed E-state index contributed by atoms with van der Waals surface area (Å²) in [7, 11) is 0. The molecule has 0 saturated carbocycles. The van der Waals surface area contributed by atoms with Crippen LogP contribution in [0.3, 0.4) is 0 Å². The number of halogens is 1. The second-order valence-electron chi connectivity index (χ2n) is 3.80. The average Bonchev–Trinajstić information content (AvgIpc) is 2.71. The number of fused-ring (bicyclic) bond motifs is 1. The van der Waals surface area contributed by atoms with Gasteiger partial charge in [0.2, 0.25) is 0 Å². The third-order valence-corrected chi connectivity index (χ3v) is 2.43. The Balaban J connectivity index is 2.33. The van der Waals surface area contributed by atoms with E-state index in [1.807, 2.05) is 19.1 Å². The minimum atomic E-state index is -1.86. The molecule has 0 radical (unpaired) electrons. The molecule has 0 spiro atoms. The van der Waals surface area contributed by atoms with E-state index < -0.39 is 12.1 Å². The van der Waals surface area contributed by atoms with Crippen molar-refractivity contribution in [3.8, 4) is 0 Å². The fraction of sp³-hybridized carbons (Fsp3) is 0.308. The Bertz CT molecular complexity index is 545. The highest BCUT2D eigenvalue weighted by molar-refractivity contribution is 5.82. The van der Waals surface area contributed by atoms with Crippen LogP contribution in [-0.2, 0) is 9.53 Å². The van der Waals surface area contributed by atoms with E-state index in [0.717, 1.165) is 10.9 Å². The first kappa shape index (κ1) is 11.6. The highest BCUT2D eigenvalue weighted by Gasteiger charge is 2.24. The number of carbonyl (C=O) groups is 1. The number of carbonyl (C=O) groups excluding carboxylic acids is 1. The second-order valence-corrected chi connectivity index (χ2v) is 3.80. The predicted molar refractivity (Wildman–Crippen MR) is 61.4 cm³/mol. The molecular weight excluding hydrogens is 223 g/mol. The molecule has 1 aromatic heterocycles. The van der Waals surface area contributed by atoms with Crippen LogP contribution < -0.4 is 0 Å². The Hall–Kier alpha value is -1.84. The summed E-state index contributed by atoms with van der Waals surface area (Å²) in [5, 5.41) is 0.784. The molecule has 0 saturated heterocycles. The highest BCUT2D eigenvalue weighted by Crippen LogP contribution is 2.27. The quantitative estimate of drug-likeness (QED) is 0.767. The van der Waals surface area contributed by atoms with Gasteiger partial charge in [-0.05, 0) is 32.0 Å². The smallest absolute Gasteiger partial charge is 0.348 e. The van der Waals surface area contributed by atoms with Crippen molar-refractivity contribution in [2.45, 2.75) is 20.0 Å². The van der Waals surface area contributed by atoms with E-state index in [0.29, 0.717) is 5.58 Å². The van der Waals surface area contributed by atoms with Crippen molar-refractivity contribution in [2.75, 3.05) is 6.61 Å². The predicted octanol–water partition coefficient (Wildman–Crippen LogP) is 3.31. The van der Waals surface area contributed by atoms with E-state index in [-0.39, 0.29) is 12.4 Å². The number of esters is 1. The first-order valence-electron chi connectivity index (χ1n) is 5.42. The van der Waals surface area contributed by atoms with Crippen LogP contribution in [0.2, 0.25) is 0 Å². The molecule has 0 amide bonds. The van der Waals surface area contributed by atoms with Gasteiger partial charge in [0.25, 0.3) is 6.17 Å². The fourth-order valence-corrected chi connectivity index (χ4v) is 1.64. The molecule has 0 bridgehead atoms. The second kappa shape index (κ2) is 4.57. The number of ether oxygens (including phenoxy) is 1. The molecule has 1 heterocycles. The Morgan fingerprint density at radius 1 is 1.47 bits per heavy atom. The summed E-state index contributed by atoms with van der Waals surface area (Å²) < 4.78 is 23.6. The molecular formula is C13H13FO3. The average molecular weight is 236 g/mol. The van der Waals surface area contributed by atoms with Crippen molar-refractivity contribution in [2.24, 2.45) is 0 Å². The monoisotopic (exact) mass is 236 g/mol. The van der Waals surface area contributed by atoms with Gasteiger partial charge in [-0.25, -0.2) is 9.18 Å². The van der Waals surface area contributed by atoms with Gasteiger partial charge in [-0.1, -0.05) is 11.6 Å². The largest absolute Gasteiger partial charge is 0.463 e. The van der Waals surface area contributed by atoms with Crippen LogP contribution in [-0.4, -0.2) is 12.6 Å². The van der Waals surface area contributed by atoms with Crippen molar-refractivity contribution < 1.29 is 18.3 Å². The zero-order valence-corrected chi connectivity index (χ0v) is 9.70. The summed E-state index contributed by atoms with van der Waals surface area (Å²) >= 11 is 0. The normalized spacial score (nSPS) is 12.6. The molecule has 2 aromatic rings. The van der Waals surface area contributed by atoms with E-state index in [9.17, 15) is 9.18 Å². The van der Waals surface area contributed by atoms with Gasteiger partial charge in [-0.3, -0.25) is 0 Å². The maximum Gasteiger partial charge on any atom is 0.348 e. The summed E-state index contributed by atoms with van der Waals surface area (Å²) in [6, 6.07) is 7.03. The molecule has 3 nitrogen and oxygen atoms in total. The maximum atomic E-state index is 13.7. The lowest BCUT2D eigenvalue weighted by Gasteiger charge is -2.03. The molecule has 0 fully saturated rings. The topological polar surface area (TPSA) is 39.4 Å². The minimum absolute atomic E-state index is 0.0101. The van der Waals surface area contributed by atoms with Crippen molar-refractivity contribution in [1.82, 2.24) is 0 Å². The van der Waals surface area contributed by atoms with Crippen LogP contribution in [0.15, 0.2) is 28.7 Å². The first-order valence-corrected chi connectivity index (χ1v) is 5.42. The van der Waals surface area contributed by atoms with Crippen LogP contribution in [0.1, 0.15) is 24.4 Å². The van der Waals surface area contributed by atoms with Gasteiger partial charge < -0.3 is 9.15 Å². The van der Waals surface area contributed by atoms with Crippen molar-refractivity contribution in [3.63, 3.8) is 0 Å². The first-order chi connectivity index (χ1) is 8.11. The summed E-state index contributed by atoms with van der Waals surface area (Å²) in [4.78, 5) is 11.2. The summed E-state index contributed by atoms with van der Waals surface area (Å²) in [6.45, 7) is 3.72. The number of hydrogen-bond acceptors (Lipinski definition) is 3. The molecule has 17 heavy (non-hydrogen) atoms. The van der Waals surface area contributed by atoms with Crippen LogP contribution in [0.25, 0.3) is 11.0 Å². The van der Waals surface area contributed by atoms with Crippen LogP contribution >= 0.6 is 0 Å². The van der Waals surface area contributed by atoms with Gasteiger partial charge in [-0.2, -0.15) is 0 Å². The molecule has 0 aliphatic carbocycles. The zero-order chi connectivity index (χ0) is 12.4. The minimum Gasteiger partial charge on any atom is -0.463 e. The van der Waals surface area contributed by atoms with Gasteiger partial charge in [0, 0.05) is 5.39 Å². The lowest BCUT2D eigenvalue weighted by Crippen LogP contribution is -2.11. The van der Waals surface area contributed by atoms with Gasteiger partial charge in [-0.15, -0.1) is 0 Å². The van der Waals surface area contributed by atoms with Gasteiger partial charge in [0.15, 0.2) is 5.76 Å². The Labute approximate surface area is 98.2 Å². The van der Waals surface area contributed by atoms with E-state index >= 15 is 0 Å². The van der Waals surface area contributed by atoms with Crippen LogP contribution in [0.5, 0.6) is 0 Å². The summed E-state index contributed by atoms with van der Waals surface area (Å²) in [5.74, 6) is -0.924. The molecule has 4 heteroatoms. The molecule has 1 atom stereocenters.